The summed E-state index contributed by atoms with van der Waals surface area (Å²) in [7, 11) is 4.10. The van der Waals surface area contributed by atoms with Gasteiger partial charge in [0.05, 0.1) is 16.6 Å². The molecule has 0 bridgehead atoms. The van der Waals surface area contributed by atoms with E-state index in [1.54, 1.807) is 18.2 Å². The number of aromatic nitrogens is 2. The highest BCUT2D eigenvalue weighted by Crippen LogP contribution is 2.23. The summed E-state index contributed by atoms with van der Waals surface area (Å²) in [5.74, 6) is 0.0806. The van der Waals surface area contributed by atoms with E-state index >= 15 is 0 Å². The average Bonchev–Trinajstić information content (AvgIpc) is 2.75. The predicted molar refractivity (Wildman–Crippen MR) is 83.8 cm³/mol. The number of likely N-dealkylation sites (N-methyl/N-ethyl adjacent to an activating group) is 1. The van der Waals surface area contributed by atoms with Gasteiger partial charge in [-0.15, -0.1) is 0 Å². The van der Waals surface area contributed by atoms with Crippen molar-refractivity contribution in [1.29, 1.82) is 0 Å². The first-order valence-corrected chi connectivity index (χ1v) is 7.16. The minimum Gasteiger partial charge on any atom is -0.478 e. The summed E-state index contributed by atoms with van der Waals surface area (Å²) in [6.07, 6.45) is 0.820. The molecule has 1 heterocycles. The SMILES string of the molecule is CCc1nc2ccc(C(=O)O)cc2n1CC(C)(C)N(C)C. The zero-order valence-corrected chi connectivity index (χ0v) is 13.3. The van der Waals surface area contributed by atoms with E-state index in [1.165, 1.54) is 0 Å². The fourth-order valence-electron chi connectivity index (χ4n) is 2.28. The van der Waals surface area contributed by atoms with Crippen molar-refractivity contribution < 1.29 is 9.90 Å². The number of rotatable bonds is 5. The molecule has 0 spiro atoms. The molecule has 2 aromatic rings. The number of aromatic carboxylic acids is 1. The number of aryl methyl sites for hydroxylation is 1. The average molecular weight is 289 g/mol. The molecule has 0 amide bonds. The van der Waals surface area contributed by atoms with Crippen LogP contribution in [0, 0.1) is 0 Å². The minimum atomic E-state index is -0.908. The number of fused-ring (bicyclic) bond motifs is 1. The molecule has 5 heteroatoms. The molecule has 1 aromatic carbocycles. The summed E-state index contributed by atoms with van der Waals surface area (Å²) in [6.45, 7) is 7.17. The summed E-state index contributed by atoms with van der Waals surface area (Å²) in [5, 5.41) is 9.18. The molecule has 0 saturated carbocycles. The van der Waals surface area contributed by atoms with E-state index in [2.05, 4.69) is 35.2 Å². The summed E-state index contributed by atoms with van der Waals surface area (Å²) >= 11 is 0. The number of benzene rings is 1. The van der Waals surface area contributed by atoms with Crippen LogP contribution in [0.25, 0.3) is 11.0 Å². The standard InChI is InChI=1S/C16H23N3O2/c1-6-14-17-12-8-7-11(15(20)21)9-13(12)19(14)10-16(2,3)18(4)5/h7-9H,6,10H2,1-5H3,(H,20,21). The van der Waals surface area contributed by atoms with Crippen LogP contribution < -0.4 is 0 Å². The van der Waals surface area contributed by atoms with Crippen LogP contribution in [0.1, 0.15) is 37.0 Å². The van der Waals surface area contributed by atoms with E-state index in [1.807, 2.05) is 14.1 Å². The second-order valence-electron chi connectivity index (χ2n) is 6.18. The van der Waals surface area contributed by atoms with Crippen LogP contribution in [0.4, 0.5) is 0 Å². The summed E-state index contributed by atoms with van der Waals surface area (Å²) < 4.78 is 2.14. The largest absolute Gasteiger partial charge is 0.478 e. The van der Waals surface area contributed by atoms with E-state index in [4.69, 9.17) is 0 Å². The van der Waals surface area contributed by atoms with Crippen LogP contribution in [-0.4, -0.2) is 45.2 Å². The lowest BCUT2D eigenvalue weighted by Crippen LogP contribution is -2.42. The Morgan fingerprint density at radius 3 is 2.57 bits per heavy atom. The van der Waals surface area contributed by atoms with E-state index in [0.29, 0.717) is 5.56 Å². The summed E-state index contributed by atoms with van der Waals surface area (Å²) in [5.41, 5.74) is 2.00. The molecule has 1 aromatic heterocycles. The van der Waals surface area contributed by atoms with Gasteiger partial charge in [-0.25, -0.2) is 9.78 Å². The number of carboxylic acids is 1. The van der Waals surface area contributed by atoms with Crippen LogP contribution in [0.3, 0.4) is 0 Å². The Labute approximate surface area is 125 Å². The van der Waals surface area contributed by atoms with E-state index < -0.39 is 5.97 Å². The Balaban J connectivity index is 2.58. The number of hydrogen-bond acceptors (Lipinski definition) is 3. The second-order valence-corrected chi connectivity index (χ2v) is 6.18. The lowest BCUT2D eigenvalue weighted by Gasteiger charge is -2.33. The maximum Gasteiger partial charge on any atom is 0.335 e. The topological polar surface area (TPSA) is 58.4 Å². The molecule has 21 heavy (non-hydrogen) atoms. The Bertz CT molecular complexity index is 671. The van der Waals surface area contributed by atoms with Crippen molar-refractivity contribution >= 4 is 17.0 Å². The van der Waals surface area contributed by atoms with Crippen LogP contribution in [0.2, 0.25) is 0 Å². The molecule has 114 valence electrons. The Morgan fingerprint density at radius 1 is 1.38 bits per heavy atom. The van der Waals surface area contributed by atoms with Crippen LogP contribution in [0.5, 0.6) is 0 Å². The van der Waals surface area contributed by atoms with E-state index in [9.17, 15) is 9.90 Å². The third-order valence-electron chi connectivity index (χ3n) is 4.15. The van der Waals surface area contributed by atoms with Crippen molar-refractivity contribution in [1.82, 2.24) is 14.5 Å². The Kier molecular flexibility index (Phi) is 4.05. The van der Waals surface area contributed by atoms with Gasteiger partial charge < -0.3 is 14.6 Å². The highest BCUT2D eigenvalue weighted by molar-refractivity contribution is 5.92. The third kappa shape index (κ3) is 2.93. The van der Waals surface area contributed by atoms with Gasteiger partial charge in [0.2, 0.25) is 0 Å². The molecule has 0 aliphatic heterocycles. The quantitative estimate of drug-likeness (QED) is 0.919. The molecule has 0 unspecified atom stereocenters. The van der Waals surface area contributed by atoms with Gasteiger partial charge in [-0.2, -0.15) is 0 Å². The van der Waals surface area contributed by atoms with Gasteiger partial charge in [0.15, 0.2) is 0 Å². The van der Waals surface area contributed by atoms with E-state index in [0.717, 1.165) is 29.8 Å². The predicted octanol–water partition coefficient (Wildman–Crippen LogP) is 2.64. The van der Waals surface area contributed by atoms with Gasteiger partial charge in [-0.1, -0.05) is 6.92 Å². The second kappa shape index (κ2) is 5.48. The van der Waals surface area contributed by atoms with Crippen molar-refractivity contribution in [3.05, 3.63) is 29.6 Å². The monoisotopic (exact) mass is 289 g/mol. The van der Waals surface area contributed by atoms with Gasteiger partial charge in [0.25, 0.3) is 0 Å². The van der Waals surface area contributed by atoms with Crippen molar-refractivity contribution in [2.45, 2.75) is 39.3 Å². The van der Waals surface area contributed by atoms with Gasteiger partial charge in [0.1, 0.15) is 5.82 Å². The van der Waals surface area contributed by atoms with E-state index in [-0.39, 0.29) is 5.54 Å². The fourth-order valence-corrected chi connectivity index (χ4v) is 2.28. The van der Waals surface area contributed by atoms with Gasteiger partial charge in [0, 0.05) is 18.5 Å². The lowest BCUT2D eigenvalue weighted by molar-refractivity contribution is 0.0697. The molecule has 0 radical (unpaired) electrons. The van der Waals surface area contributed by atoms with Crippen LogP contribution in [0.15, 0.2) is 18.2 Å². The zero-order chi connectivity index (χ0) is 15.8. The maximum absolute atomic E-state index is 11.2. The first kappa shape index (κ1) is 15.5. The summed E-state index contributed by atoms with van der Waals surface area (Å²) in [6, 6.07) is 5.12. The molecule has 0 aliphatic rings. The zero-order valence-electron chi connectivity index (χ0n) is 13.3. The van der Waals surface area contributed by atoms with Gasteiger partial charge in [-0.3, -0.25) is 0 Å². The Hall–Kier alpha value is -1.88. The van der Waals surface area contributed by atoms with Crippen molar-refractivity contribution in [3.8, 4) is 0 Å². The molecule has 0 aliphatic carbocycles. The molecular formula is C16H23N3O2. The first-order valence-electron chi connectivity index (χ1n) is 7.16. The van der Waals surface area contributed by atoms with Gasteiger partial charge >= 0.3 is 5.97 Å². The van der Waals surface area contributed by atoms with Crippen LogP contribution >= 0.6 is 0 Å². The maximum atomic E-state index is 11.2. The minimum absolute atomic E-state index is 0.0449. The molecule has 5 nitrogen and oxygen atoms in total. The number of carboxylic acid groups (broad SMARTS) is 1. The van der Waals surface area contributed by atoms with Crippen molar-refractivity contribution in [2.75, 3.05) is 14.1 Å². The van der Waals surface area contributed by atoms with Crippen molar-refractivity contribution in [2.24, 2.45) is 0 Å². The highest BCUT2D eigenvalue weighted by atomic mass is 16.4. The number of imidazole rings is 1. The Morgan fingerprint density at radius 2 is 2.05 bits per heavy atom. The number of carbonyl (C=O) groups is 1. The third-order valence-corrected chi connectivity index (χ3v) is 4.15. The van der Waals surface area contributed by atoms with Gasteiger partial charge in [-0.05, 0) is 46.1 Å². The fraction of sp³-hybridized carbons (Fsp3) is 0.500. The molecule has 0 saturated heterocycles. The normalized spacial score (nSPS) is 12.3. The molecular weight excluding hydrogens is 266 g/mol. The number of hydrogen-bond donors (Lipinski definition) is 1. The smallest absolute Gasteiger partial charge is 0.335 e. The molecule has 0 fully saturated rings. The lowest BCUT2D eigenvalue weighted by atomic mass is 10.0. The molecule has 1 N–H and O–H groups in total. The summed E-state index contributed by atoms with van der Waals surface area (Å²) in [4.78, 5) is 18.0. The van der Waals surface area contributed by atoms with Crippen LogP contribution in [-0.2, 0) is 13.0 Å². The number of nitrogens with zero attached hydrogens (tertiary/aromatic N) is 3. The highest BCUT2D eigenvalue weighted by Gasteiger charge is 2.24. The first-order chi connectivity index (χ1) is 9.76. The van der Waals surface area contributed by atoms with Crippen molar-refractivity contribution in [3.63, 3.8) is 0 Å². The molecule has 0 atom stereocenters. The molecule has 2 rings (SSSR count).